The highest BCUT2D eigenvalue weighted by atomic mass is 35.5. The van der Waals surface area contributed by atoms with Crippen LogP contribution in [0.2, 0.25) is 5.02 Å². The van der Waals surface area contributed by atoms with Crippen LogP contribution in [0, 0.1) is 35.5 Å². The number of rotatable bonds is 4. The zero-order valence-corrected chi connectivity index (χ0v) is 24.4. The normalized spacial score (nSPS) is 15.0. The maximum absolute atomic E-state index is 13.8. The molecule has 2 fully saturated rings. The lowest BCUT2D eigenvalue weighted by Crippen LogP contribution is -2.71. The highest BCUT2D eigenvalue weighted by Crippen LogP contribution is 2.39. The first-order valence-corrected chi connectivity index (χ1v) is 14.7. The molecule has 0 bridgehead atoms. The number of hydrogen-bond acceptors (Lipinski definition) is 9. The van der Waals surface area contributed by atoms with Crippen molar-refractivity contribution in [2.45, 2.75) is 13.5 Å². The number of nitrogens with zero attached hydrogens (tertiary/aromatic N) is 6. The quantitative estimate of drug-likeness (QED) is 0.290. The maximum atomic E-state index is 13.8. The summed E-state index contributed by atoms with van der Waals surface area (Å²) in [6, 6.07) is 9.32. The summed E-state index contributed by atoms with van der Waals surface area (Å²) in [5.74, 6) is 6.19. The fourth-order valence-electron chi connectivity index (χ4n) is 5.82. The molecule has 10 nitrogen and oxygen atoms in total. The molecule has 2 saturated heterocycles. The van der Waals surface area contributed by atoms with Crippen LogP contribution >= 0.6 is 22.9 Å². The van der Waals surface area contributed by atoms with E-state index in [0.29, 0.717) is 38.0 Å². The summed E-state index contributed by atoms with van der Waals surface area (Å²) in [5.41, 5.74) is 3.19. The molecule has 0 unspecified atom stereocenters. The van der Waals surface area contributed by atoms with Gasteiger partial charge in [-0.15, -0.1) is 11.3 Å². The number of carbonyl (C=O) groups is 1. The van der Waals surface area contributed by atoms with Gasteiger partial charge in [-0.05, 0) is 31.2 Å². The van der Waals surface area contributed by atoms with Gasteiger partial charge in [0.2, 0.25) is 0 Å². The van der Waals surface area contributed by atoms with Crippen molar-refractivity contribution >= 4 is 55.8 Å². The average Bonchev–Trinajstić information content (AvgIpc) is 3.39. The van der Waals surface area contributed by atoms with E-state index in [0.717, 1.165) is 37.3 Å². The van der Waals surface area contributed by atoms with Crippen molar-refractivity contribution in [1.29, 1.82) is 5.26 Å². The number of nitriles is 1. The molecule has 6 heterocycles. The van der Waals surface area contributed by atoms with E-state index < -0.39 is 5.97 Å². The van der Waals surface area contributed by atoms with Crippen LogP contribution < -0.4 is 15.8 Å². The van der Waals surface area contributed by atoms with E-state index in [-0.39, 0.29) is 34.0 Å². The molecule has 4 aromatic heterocycles. The molecule has 0 saturated carbocycles. The summed E-state index contributed by atoms with van der Waals surface area (Å²) in [6.07, 6.45) is 3.13. The van der Waals surface area contributed by atoms with Gasteiger partial charge >= 0.3 is 5.97 Å². The third kappa shape index (κ3) is 4.41. The standard InChI is InChI=1S/C31H22ClN7O3S/c1-17-37-24-11-36-28(38-15-31(16-38)13-34-14-31)22(10-33)25(24)29(40)39(17)8-2-3-18-4-5-19(32)9-21(18)20-6-7-35-26-23(30(41)42)12-43-27(20)26/h4-7,9,11-12,34H,8,13-16H2,1H3,(H,41,42). The summed E-state index contributed by atoms with van der Waals surface area (Å²) in [7, 11) is 0. The minimum atomic E-state index is -1.04. The number of halogens is 1. The van der Waals surface area contributed by atoms with Gasteiger partial charge in [0.05, 0.1) is 39.4 Å². The Kier molecular flexibility index (Phi) is 6.40. The van der Waals surface area contributed by atoms with Gasteiger partial charge in [-0.3, -0.25) is 14.3 Å². The molecule has 0 amide bonds. The highest BCUT2D eigenvalue weighted by Gasteiger charge is 2.48. The Morgan fingerprint density at radius 3 is 2.77 bits per heavy atom. The second kappa shape index (κ2) is 10.2. The number of carboxylic acids is 1. The van der Waals surface area contributed by atoms with Crippen LogP contribution in [0.15, 0.2) is 46.8 Å². The third-order valence-corrected chi connectivity index (χ3v) is 9.29. The van der Waals surface area contributed by atoms with E-state index in [9.17, 15) is 20.0 Å². The smallest absolute Gasteiger partial charge is 0.338 e. The molecule has 2 aliphatic rings. The molecule has 2 N–H and O–H groups in total. The lowest BCUT2D eigenvalue weighted by atomic mass is 9.74. The van der Waals surface area contributed by atoms with E-state index in [2.05, 4.69) is 38.2 Å². The second-order valence-electron chi connectivity index (χ2n) is 10.8. The molecular weight excluding hydrogens is 586 g/mol. The first-order chi connectivity index (χ1) is 20.8. The van der Waals surface area contributed by atoms with Crippen molar-refractivity contribution in [2.24, 2.45) is 5.41 Å². The summed E-state index contributed by atoms with van der Waals surface area (Å²) >= 11 is 7.65. The molecule has 0 aliphatic carbocycles. The van der Waals surface area contributed by atoms with E-state index >= 15 is 0 Å². The Labute approximate surface area is 254 Å². The van der Waals surface area contributed by atoms with Crippen LogP contribution in [0.1, 0.15) is 27.3 Å². The molecule has 7 rings (SSSR count). The van der Waals surface area contributed by atoms with E-state index in [1.165, 1.54) is 15.9 Å². The van der Waals surface area contributed by atoms with Crippen LogP contribution in [0.3, 0.4) is 0 Å². The van der Waals surface area contributed by atoms with Crippen LogP contribution in [0.5, 0.6) is 0 Å². The highest BCUT2D eigenvalue weighted by molar-refractivity contribution is 7.18. The van der Waals surface area contributed by atoms with Crippen molar-refractivity contribution < 1.29 is 9.90 Å². The predicted molar refractivity (Wildman–Crippen MR) is 165 cm³/mol. The number of benzene rings is 1. The van der Waals surface area contributed by atoms with Gasteiger partial charge in [0.15, 0.2) is 0 Å². The fourth-order valence-corrected chi connectivity index (χ4v) is 7.01. The zero-order valence-electron chi connectivity index (χ0n) is 22.8. The Morgan fingerprint density at radius 1 is 1.23 bits per heavy atom. The summed E-state index contributed by atoms with van der Waals surface area (Å²) in [5, 5.41) is 25.3. The van der Waals surface area contributed by atoms with Crippen molar-refractivity contribution in [1.82, 2.24) is 24.8 Å². The topological polar surface area (TPSA) is 137 Å². The average molecular weight is 608 g/mol. The number of aromatic carboxylic acids is 1. The third-order valence-electron chi connectivity index (χ3n) is 8.05. The van der Waals surface area contributed by atoms with E-state index in [4.69, 9.17) is 11.6 Å². The van der Waals surface area contributed by atoms with Gasteiger partial charge in [0.1, 0.15) is 23.3 Å². The molecule has 12 heteroatoms. The SMILES string of the molecule is Cc1nc2cnc(N3CC4(CNC4)C3)c(C#N)c2c(=O)n1CC#Cc1ccc(Cl)cc1-c1ccnc2c(C(=O)O)csc12. The summed E-state index contributed by atoms with van der Waals surface area (Å²) < 4.78 is 2.18. The zero-order chi connectivity index (χ0) is 29.9. The maximum Gasteiger partial charge on any atom is 0.338 e. The van der Waals surface area contributed by atoms with Crippen LogP contribution in [-0.4, -0.2) is 56.8 Å². The number of aromatic nitrogens is 4. The van der Waals surface area contributed by atoms with Gasteiger partial charge in [-0.2, -0.15) is 5.26 Å². The van der Waals surface area contributed by atoms with Gasteiger partial charge in [0.25, 0.3) is 5.56 Å². The first kappa shape index (κ1) is 27.0. The number of fused-ring (bicyclic) bond motifs is 2. The van der Waals surface area contributed by atoms with Gasteiger partial charge in [-0.1, -0.05) is 23.4 Å². The lowest BCUT2D eigenvalue weighted by Gasteiger charge is -2.56. The fraction of sp³-hybridized carbons (Fsp3) is 0.226. The molecule has 0 radical (unpaired) electrons. The number of anilines is 1. The number of nitrogens with one attached hydrogen (secondary N) is 1. The van der Waals surface area contributed by atoms with Crippen molar-refractivity contribution in [3.8, 4) is 29.0 Å². The summed E-state index contributed by atoms with van der Waals surface area (Å²) in [4.78, 5) is 40.9. The lowest BCUT2D eigenvalue weighted by molar-refractivity contribution is 0.0699. The summed E-state index contributed by atoms with van der Waals surface area (Å²) in [6.45, 7) is 5.26. The van der Waals surface area contributed by atoms with Crippen LogP contribution in [0.25, 0.3) is 32.2 Å². The minimum Gasteiger partial charge on any atom is -0.478 e. The second-order valence-corrected chi connectivity index (χ2v) is 12.1. The number of thiophene rings is 1. The largest absolute Gasteiger partial charge is 0.478 e. The van der Waals surface area contributed by atoms with Gasteiger partial charge in [0, 0.05) is 64.9 Å². The Morgan fingerprint density at radius 2 is 2.05 bits per heavy atom. The molecule has 0 atom stereocenters. The van der Waals surface area contributed by atoms with Crippen molar-refractivity contribution in [2.75, 3.05) is 31.1 Å². The van der Waals surface area contributed by atoms with Gasteiger partial charge < -0.3 is 15.3 Å². The van der Waals surface area contributed by atoms with Crippen LogP contribution in [0.4, 0.5) is 5.82 Å². The van der Waals surface area contributed by atoms with E-state index in [1.54, 1.807) is 49.0 Å². The molecule has 1 spiro atoms. The Bertz CT molecular complexity index is 2160. The molecule has 2 aliphatic heterocycles. The molecule has 43 heavy (non-hydrogen) atoms. The first-order valence-electron chi connectivity index (χ1n) is 13.4. The van der Waals surface area contributed by atoms with Crippen LogP contribution in [-0.2, 0) is 6.54 Å². The van der Waals surface area contributed by atoms with Crippen molar-refractivity contribution in [3.63, 3.8) is 0 Å². The number of aryl methyl sites for hydroxylation is 1. The number of pyridine rings is 2. The van der Waals surface area contributed by atoms with Crippen molar-refractivity contribution in [3.05, 3.63) is 79.9 Å². The molecule has 5 aromatic rings. The van der Waals surface area contributed by atoms with E-state index in [1.807, 2.05) is 4.90 Å². The molecular formula is C31H22ClN7O3S. The predicted octanol–water partition coefficient (Wildman–Crippen LogP) is 4.06. The minimum absolute atomic E-state index is 0.0462. The number of carboxylic acid groups (broad SMARTS) is 1. The Balaban J connectivity index is 1.26. The molecule has 212 valence electrons. The monoisotopic (exact) mass is 607 g/mol. The Hall–Kier alpha value is -4.81. The number of hydrogen-bond donors (Lipinski definition) is 2. The molecule has 1 aromatic carbocycles. The van der Waals surface area contributed by atoms with Gasteiger partial charge in [-0.25, -0.2) is 14.8 Å².